The van der Waals surface area contributed by atoms with Crippen molar-refractivity contribution in [3.8, 4) is 5.88 Å². The average molecular weight is 390 g/mol. The molecule has 1 unspecified atom stereocenters. The Labute approximate surface area is 159 Å². The molecule has 0 spiro atoms. The topological polar surface area (TPSA) is 97.5 Å². The van der Waals surface area contributed by atoms with Crippen LogP contribution in [-0.2, 0) is 4.74 Å². The van der Waals surface area contributed by atoms with Crippen LogP contribution in [0.4, 0.5) is 20.6 Å². The Morgan fingerprint density at radius 2 is 2.11 bits per heavy atom. The highest BCUT2D eigenvalue weighted by Gasteiger charge is 2.33. The van der Waals surface area contributed by atoms with E-state index in [1.54, 1.807) is 18.2 Å². The lowest BCUT2D eigenvalue weighted by atomic mass is 10.1. The maximum atomic E-state index is 14.7. The van der Waals surface area contributed by atoms with Gasteiger partial charge in [-0.3, -0.25) is 4.90 Å². The number of anilines is 2. The van der Waals surface area contributed by atoms with E-state index in [0.717, 1.165) is 0 Å². The minimum Gasteiger partial charge on any atom is -0.471 e. The minimum atomic E-state index is -0.557. The number of amides is 1. The highest BCUT2D eigenvalue weighted by Crippen LogP contribution is 2.30. The monoisotopic (exact) mass is 390 g/mol. The summed E-state index contributed by atoms with van der Waals surface area (Å²) < 4.78 is 30.0. The van der Waals surface area contributed by atoms with Crippen molar-refractivity contribution in [2.75, 3.05) is 36.0 Å². The van der Waals surface area contributed by atoms with Gasteiger partial charge in [0.25, 0.3) is 5.88 Å². The standard InChI is InChI=1S/C18H19FN4O5/c19-15-9-13(1-2-16(15)22-6-3-12(20-25)4-7-22)23-10-14(28-18(23)24)11-26-17-5-8-27-21-17/h1-2,5,8-9,12,14H,3-4,6-7,10-11H2. The molecule has 2 aromatic rings. The zero-order chi connectivity index (χ0) is 19.5. The highest BCUT2D eigenvalue weighted by atomic mass is 19.1. The first kappa shape index (κ1) is 18.2. The van der Waals surface area contributed by atoms with Crippen LogP contribution in [0.5, 0.6) is 5.88 Å². The van der Waals surface area contributed by atoms with Gasteiger partial charge in [-0.1, -0.05) is 5.18 Å². The van der Waals surface area contributed by atoms with E-state index in [4.69, 9.17) is 9.47 Å². The first-order valence-electron chi connectivity index (χ1n) is 9.02. The predicted molar refractivity (Wildman–Crippen MR) is 97.0 cm³/mol. The normalized spacial score (nSPS) is 20.3. The fourth-order valence-corrected chi connectivity index (χ4v) is 3.41. The summed E-state index contributed by atoms with van der Waals surface area (Å²) in [6.07, 6.45) is 1.54. The largest absolute Gasteiger partial charge is 0.471 e. The molecule has 2 aliphatic heterocycles. The van der Waals surface area contributed by atoms with Crippen LogP contribution in [0.25, 0.3) is 0 Å². The van der Waals surface area contributed by atoms with E-state index in [1.807, 2.05) is 4.90 Å². The van der Waals surface area contributed by atoms with Crippen LogP contribution in [-0.4, -0.2) is 49.6 Å². The van der Waals surface area contributed by atoms with Crippen LogP contribution >= 0.6 is 0 Å². The average Bonchev–Trinajstić information content (AvgIpc) is 3.36. The van der Waals surface area contributed by atoms with Crippen molar-refractivity contribution in [3.05, 3.63) is 41.3 Å². The van der Waals surface area contributed by atoms with Crippen molar-refractivity contribution >= 4 is 17.5 Å². The Balaban J connectivity index is 1.39. The lowest BCUT2D eigenvalue weighted by molar-refractivity contribution is 0.102. The second kappa shape index (κ2) is 7.83. The Kier molecular flexibility index (Phi) is 5.09. The van der Waals surface area contributed by atoms with Gasteiger partial charge < -0.3 is 18.9 Å². The molecular formula is C18H19FN4O5. The van der Waals surface area contributed by atoms with Crippen molar-refractivity contribution in [2.24, 2.45) is 5.18 Å². The number of nitrogens with zero attached hydrogens (tertiary/aromatic N) is 4. The van der Waals surface area contributed by atoms with Crippen molar-refractivity contribution in [2.45, 2.75) is 25.0 Å². The van der Waals surface area contributed by atoms with E-state index in [-0.39, 0.29) is 19.2 Å². The molecule has 0 saturated carbocycles. The summed E-state index contributed by atoms with van der Waals surface area (Å²) in [5.74, 6) is -0.122. The van der Waals surface area contributed by atoms with E-state index in [0.29, 0.717) is 43.2 Å². The first-order valence-corrected chi connectivity index (χ1v) is 9.02. The van der Waals surface area contributed by atoms with Gasteiger partial charge in [-0.2, -0.15) is 4.91 Å². The fraction of sp³-hybridized carbons (Fsp3) is 0.444. The second-order valence-corrected chi connectivity index (χ2v) is 6.72. The molecule has 2 fully saturated rings. The summed E-state index contributed by atoms with van der Waals surface area (Å²) in [5.41, 5.74) is 0.867. The Hall–Kier alpha value is -3.17. The lowest BCUT2D eigenvalue weighted by Gasteiger charge is -2.31. The highest BCUT2D eigenvalue weighted by molar-refractivity contribution is 5.90. The molecule has 148 valence electrons. The van der Waals surface area contributed by atoms with Crippen LogP contribution in [0.3, 0.4) is 0 Å². The molecule has 28 heavy (non-hydrogen) atoms. The molecule has 0 bridgehead atoms. The summed E-state index contributed by atoms with van der Waals surface area (Å²) in [7, 11) is 0. The van der Waals surface area contributed by atoms with Crippen molar-refractivity contribution < 1.29 is 23.2 Å². The third-order valence-electron chi connectivity index (χ3n) is 4.90. The number of nitroso groups, excluding NO2 is 1. The number of hydrogen-bond donors (Lipinski definition) is 0. The third kappa shape index (κ3) is 3.75. The zero-order valence-electron chi connectivity index (χ0n) is 15.0. The number of carbonyl (C=O) groups is 1. The van der Waals surface area contributed by atoms with Crippen LogP contribution in [0.2, 0.25) is 0 Å². The third-order valence-corrected chi connectivity index (χ3v) is 4.90. The molecule has 9 nitrogen and oxygen atoms in total. The molecule has 1 aromatic heterocycles. The van der Waals surface area contributed by atoms with Gasteiger partial charge in [-0.25, -0.2) is 9.18 Å². The minimum absolute atomic E-state index is 0.120. The van der Waals surface area contributed by atoms with E-state index in [9.17, 15) is 14.1 Å². The fourth-order valence-electron chi connectivity index (χ4n) is 3.41. The summed E-state index contributed by atoms with van der Waals surface area (Å²) in [6, 6.07) is 6.00. The van der Waals surface area contributed by atoms with E-state index >= 15 is 0 Å². The van der Waals surface area contributed by atoms with E-state index in [2.05, 4.69) is 14.9 Å². The van der Waals surface area contributed by atoms with Gasteiger partial charge in [0.15, 0.2) is 6.10 Å². The Bertz CT molecular complexity index is 839. The zero-order valence-corrected chi connectivity index (χ0v) is 15.0. The number of ether oxygens (including phenoxy) is 2. The number of benzene rings is 1. The van der Waals surface area contributed by atoms with Gasteiger partial charge in [0, 0.05) is 19.2 Å². The molecule has 2 saturated heterocycles. The van der Waals surface area contributed by atoms with E-state index < -0.39 is 18.0 Å². The number of piperidine rings is 1. The predicted octanol–water partition coefficient (Wildman–Crippen LogP) is 2.95. The second-order valence-electron chi connectivity index (χ2n) is 6.72. The van der Waals surface area contributed by atoms with Gasteiger partial charge in [0.1, 0.15) is 18.7 Å². The smallest absolute Gasteiger partial charge is 0.414 e. The molecule has 0 N–H and O–H groups in total. The molecule has 0 radical (unpaired) electrons. The van der Waals surface area contributed by atoms with Crippen molar-refractivity contribution in [3.63, 3.8) is 0 Å². The number of rotatable bonds is 6. The molecule has 4 rings (SSSR count). The molecule has 1 atom stereocenters. The molecular weight excluding hydrogens is 371 g/mol. The summed E-state index contributed by atoms with van der Waals surface area (Å²) in [4.78, 5) is 26.0. The molecule has 10 heteroatoms. The quantitative estimate of drug-likeness (QED) is 0.700. The molecule has 1 aromatic carbocycles. The molecule has 3 heterocycles. The number of hydrogen-bond acceptors (Lipinski definition) is 8. The summed E-state index contributed by atoms with van der Waals surface area (Å²) in [6.45, 7) is 1.50. The number of carbonyl (C=O) groups excluding carboxylic acids is 1. The first-order chi connectivity index (χ1) is 13.6. The molecule has 1 amide bonds. The number of aromatic nitrogens is 1. The van der Waals surface area contributed by atoms with Gasteiger partial charge in [-0.15, -0.1) is 0 Å². The summed E-state index contributed by atoms with van der Waals surface area (Å²) in [5, 5.41) is 6.68. The van der Waals surface area contributed by atoms with Crippen molar-refractivity contribution in [1.29, 1.82) is 0 Å². The lowest BCUT2D eigenvalue weighted by Crippen LogP contribution is -2.35. The maximum Gasteiger partial charge on any atom is 0.414 e. The van der Waals surface area contributed by atoms with Crippen LogP contribution in [0, 0.1) is 10.7 Å². The van der Waals surface area contributed by atoms with Crippen LogP contribution in [0.1, 0.15) is 12.8 Å². The Morgan fingerprint density at radius 1 is 1.29 bits per heavy atom. The number of halogens is 1. The van der Waals surface area contributed by atoms with Gasteiger partial charge in [-0.05, 0) is 36.2 Å². The molecule has 0 aliphatic carbocycles. The van der Waals surface area contributed by atoms with Crippen molar-refractivity contribution in [1.82, 2.24) is 5.16 Å². The van der Waals surface area contributed by atoms with Gasteiger partial charge in [0.05, 0.1) is 24.0 Å². The van der Waals surface area contributed by atoms with Gasteiger partial charge >= 0.3 is 6.09 Å². The summed E-state index contributed by atoms with van der Waals surface area (Å²) >= 11 is 0. The van der Waals surface area contributed by atoms with Crippen LogP contribution in [0.15, 0.2) is 40.2 Å². The number of cyclic esters (lactones) is 1. The SMILES string of the molecule is O=NC1CCN(c2ccc(N3CC(COc4ccon4)OC3=O)cc2F)CC1. The maximum absolute atomic E-state index is 14.7. The van der Waals surface area contributed by atoms with E-state index in [1.165, 1.54) is 17.2 Å². The molecule has 2 aliphatic rings. The van der Waals surface area contributed by atoms with Gasteiger partial charge in [0.2, 0.25) is 0 Å². The Morgan fingerprint density at radius 3 is 2.79 bits per heavy atom. The van der Waals surface area contributed by atoms with Crippen LogP contribution < -0.4 is 14.5 Å².